The number of thioether (sulfide) groups is 1. The highest BCUT2D eigenvalue weighted by atomic mass is 32.2. The molecule has 0 atom stereocenters. The summed E-state index contributed by atoms with van der Waals surface area (Å²) < 4.78 is 1.65. The van der Waals surface area contributed by atoms with Crippen LogP contribution in [0.5, 0.6) is 0 Å². The molecule has 1 heterocycles. The number of aromatic nitrogens is 3. The third-order valence-electron chi connectivity index (χ3n) is 4.27. The highest BCUT2D eigenvalue weighted by Crippen LogP contribution is 2.18. The van der Waals surface area contributed by atoms with E-state index in [1.54, 1.807) is 40.7 Å². The third-order valence-corrected chi connectivity index (χ3v) is 4.83. The van der Waals surface area contributed by atoms with Gasteiger partial charge in [-0.15, -0.1) is 5.10 Å². The van der Waals surface area contributed by atoms with Crippen molar-refractivity contribution < 1.29 is 9.59 Å². The van der Waals surface area contributed by atoms with Crippen molar-refractivity contribution >= 4 is 23.6 Å². The molecule has 0 bridgehead atoms. The Labute approximate surface area is 173 Å². The first kappa shape index (κ1) is 20.6. The number of nitrogens with zero attached hydrogens (tertiary/aromatic N) is 3. The summed E-state index contributed by atoms with van der Waals surface area (Å²) in [4.78, 5) is 24.6. The van der Waals surface area contributed by atoms with Gasteiger partial charge in [-0.2, -0.15) is 11.8 Å². The van der Waals surface area contributed by atoms with Crippen LogP contribution in [0.1, 0.15) is 39.0 Å². The number of benzene rings is 2. The summed E-state index contributed by atoms with van der Waals surface area (Å²) in [5.41, 5.74) is 3.36. The van der Waals surface area contributed by atoms with Crippen LogP contribution in [0.3, 0.4) is 0 Å². The Balaban J connectivity index is 1.81. The van der Waals surface area contributed by atoms with Gasteiger partial charge in [0.05, 0.1) is 11.4 Å². The van der Waals surface area contributed by atoms with Crippen LogP contribution in [0.15, 0.2) is 54.6 Å². The van der Waals surface area contributed by atoms with Gasteiger partial charge in [0, 0.05) is 24.4 Å². The fraction of sp³-hybridized carbons (Fsp3) is 0.238. The highest BCUT2D eigenvalue weighted by molar-refractivity contribution is 7.97. The fourth-order valence-electron chi connectivity index (χ4n) is 2.83. The Bertz CT molecular complexity index is 970. The average molecular weight is 410 g/mol. The number of carbonyl (C=O) groups excluding carboxylic acids is 2. The van der Waals surface area contributed by atoms with Gasteiger partial charge in [-0.05, 0) is 43.0 Å². The van der Waals surface area contributed by atoms with Crippen LogP contribution in [-0.2, 0) is 12.3 Å². The lowest BCUT2D eigenvalue weighted by atomic mass is 10.2. The number of amides is 2. The van der Waals surface area contributed by atoms with Gasteiger partial charge in [-0.25, -0.2) is 4.68 Å². The molecule has 0 aliphatic rings. The molecular weight excluding hydrogens is 386 g/mol. The van der Waals surface area contributed by atoms with Crippen LogP contribution >= 0.6 is 11.8 Å². The molecule has 3 rings (SSSR count). The lowest BCUT2D eigenvalue weighted by Gasteiger charge is -2.09. The van der Waals surface area contributed by atoms with Crippen LogP contribution in [0.4, 0.5) is 0 Å². The van der Waals surface area contributed by atoms with Gasteiger partial charge < -0.3 is 10.6 Å². The molecule has 0 unspecified atom stereocenters. The van der Waals surface area contributed by atoms with E-state index in [-0.39, 0.29) is 11.8 Å². The lowest BCUT2D eigenvalue weighted by Crippen LogP contribution is -2.24. The molecule has 2 N–H and O–H groups in total. The second-order valence-electron chi connectivity index (χ2n) is 6.30. The van der Waals surface area contributed by atoms with Crippen molar-refractivity contribution in [3.8, 4) is 5.69 Å². The summed E-state index contributed by atoms with van der Waals surface area (Å²) in [7, 11) is 0. The molecule has 8 heteroatoms. The van der Waals surface area contributed by atoms with Crippen molar-refractivity contribution in [1.82, 2.24) is 25.6 Å². The first-order chi connectivity index (χ1) is 14.1. The molecule has 0 saturated heterocycles. The number of nitrogens with one attached hydrogen (secondary N) is 2. The minimum absolute atomic E-state index is 0.122. The molecule has 3 aromatic rings. The number of hydrogen-bond donors (Lipinski definition) is 2. The molecule has 150 valence electrons. The zero-order chi connectivity index (χ0) is 20.6. The van der Waals surface area contributed by atoms with E-state index < -0.39 is 0 Å². The highest BCUT2D eigenvalue weighted by Gasteiger charge is 2.20. The van der Waals surface area contributed by atoms with Gasteiger partial charge in [-0.3, -0.25) is 9.59 Å². The number of hydrogen-bond acceptors (Lipinski definition) is 5. The van der Waals surface area contributed by atoms with Crippen molar-refractivity contribution in [2.24, 2.45) is 0 Å². The normalized spacial score (nSPS) is 10.6. The van der Waals surface area contributed by atoms with Crippen LogP contribution in [0.25, 0.3) is 5.69 Å². The average Bonchev–Trinajstić information content (AvgIpc) is 3.17. The minimum Gasteiger partial charge on any atom is -0.352 e. The first-order valence-electron chi connectivity index (χ1n) is 9.28. The van der Waals surface area contributed by atoms with Crippen molar-refractivity contribution in [2.75, 3.05) is 12.8 Å². The summed E-state index contributed by atoms with van der Waals surface area (Å²) in [5.74, 6) is 0.199. The Kier molecular flexibility index (Phi) is 7.02. The topological polar surface area (TPSA) is 88.9 Å². The predicted molar refractivity (Wildman–Crippen MR) is 114 cm³/mol. The van der Waals surface area contributed by atoms with Crippen LogP contribution in [-0.4, -0.2) is 39.6 Å². The molecule has 2 aromatic carbocycles. The lowest BCUT2D eigenvalue weighted by molar-refractivity contribution is 0.0940. The van der Waals surface area contributed by atoms with Crippen molar-refractivity contribution in [1.29, 1.82) is 0 Å². The molecule has 0 spiro atoms. The standard InChI is InChI=1S/C21H23N5O2S/c1-3-22-20(27)16-9-11-17(12-10-16)26-18(14-29-2)19(24-25-26)21(28)23-13-15-7-5-4-6-8-15/h4-12H,3,13-14H2,1-2H3,(H,22,27)(H,23,28). The van der Waals surface area contributed by atoms with Gasteiger partial charge >= 0.3 is 0 Å². The van der Waals surface area contributed by atoms with E-state index in [1.807, 2.05) is 43.5 Å². The Morgan fingerprint density at radius 1 is 1.00 bits per heavy atom. The van der Waals surface area contributed by atoms with E-state index >= 15 is 0 Å². The zero-order valence-electron chi connectivity index (χ0n) is 16.4. The maximum absolute atomic E-state index is 12.7. The van der Waals surface area contributed by atoms with Crippen LogP contribution in [0.2, 0.25) is 0 Å². The van der Waals surface area contributed by atoms with E-state index in [1.165, 1.54) is 0 Å². The fourth-order valence-corrected chi connectivity index (χ4v) is 3.36. The van der Waals surface area contributed by atoms with E-state index in [0.717, 1.165) is 11.3 Å². The molecule has 0 radical (unpaired) electrons. The van der Waals surface area contributed by atoms with Crippen LogP contribution in [0, 0.1) is 0 Å². The minimum atomic E-state index is -0.261. The smallest absolute Gasteiger partial charge is 0.274 e. The van der Waals surface area contributed by atoms with E-state index in [4.69, 9.17) is 0 Å². The van der Waals surface area contributed by atoms with E-state index in [0.29, 0.717) is 35.8 Å². The second kappa shape index (κ2) is 9.88. The molecule has 7 nitrogen and oxygen atoms in total. The predicted octanol–water partition coefficient (Wildman–Crippen LogP) is 2.81. The summed E-state index contributed by atoms with van der Waals surface area (Å²) in [6, 6.07) is 16.8. The largest absolute Gasteiger partial charge is 0.352 e. The maximum atomic E-state index is 12.7. The van der Waals surface area contributed by atoms with Crippen molar-refractivity contribution in [3.63, 3.8) is 0 Å². The summed E-state index contributed by atoms with van der Waals surface area (Å²) in [5, 5.41) is 14.0. The monoisotopic (exact) mass is 409 g/mol. The molecule has 2 amide bonds. The van der Waals surface area contributed by atoms with E-state index in [2.05, 4.69) is 20.9 Å². The van der Waals surface area contributed by atoms with Crippen molar-refractivity contribution in [3.05, 3.63) is 77.1 Å². The zero-order valence-corrected chi connectivity index (χ0v) is 17.2. The Morgan fingerprint density at radius 2 is 1.72 bits per heavy atom. The quantitative estimate of drug-likeness (QED) is 0.597. The summed E-state index contributed by atoms with van der Waals surface area (Å²) in [6.45, 7) is 2.87. The van der Waals surface area contributed by atoms with Gasteiger partial charge in [-0.1, -0.05) is 35.5 Å². The summed E-state index contributed by atoms with van der Waals surface area (Å²) >= 11 is 1.58. The molecule has 0 fully saturated rings. The van der Waals surface area contributed by atoms with Crippen LogP contribution < -0.4 is 10.6 Å². The molecule has 1 aromatic heterocycles. The Morgan fingerprint density at radius 3 is 2.38 bits per heavy atom. The SMILES string of the molecule is CCNC(=O)c1ccc(-n2nnc(C(=O)NCc3ccccc3)c2CSC)cc1. The van der Waals surface area contributed by atoms with Gasteiger partial charge in [0.2, 0.25) is 0 Å². The Hall–Kier alpha value is -3.13. The summed E-state index contributed by atoms with van der Waals surface area (Å²) in [6.07, 6.45) is 1.96. The molecule has 0 saturated carbocycles. The number of rotatable bonds is 8. The molecule has 0 aliphatic carbocycles. The second-order valence-corrected chi connectivity index (χ2v) is 7.17. The maximum Gasteiger partial charge on any atom is 0.274 e. The number of carbonyl (C=O) groups is 2. The van der Waals surface area contributed by atoms with Gasteiger partial charge in [0.25, 0.3) is 11.8 Å². The first-order valence-corrected chi connectivity index (χ1v) is 10.7. The molecule has 0 aliphatic heterocycles. The van der Waals surface area contributed by atoms with Gasteiger partial charge in [0.1, 0.15) is 0 Å². The van der Waals surface area contributed by atoms with E-state index in [9.17, 15) is 9.59 Å². The molecule has 29 heavy (non-hydrogen) atoms. The molecular formula is C21H23N5O2S. The third kappa shape index (κ3) is 5.03. The van der Waals surface area contributed by atoms with Gasteiger partial charge in [0.15, 0.2) is 5.69 Å². The van der Waals surface area contributed by atoms with Crippen molar-refractivity contribution in [2.45, 2.75) is 19.2 Å².